The van der Waals surface area contributed by atoms with Gasteiger partial charge in [0.1, 0.15) is 5.76 Å². The van der Waals surface area contributed by atoms with Gasteiger partial charge in [-0.2, -0.15) is 0 Å². The van der Waals surface area contributed by atoms with E-state index in [4.69, 9.17) is 10.3 Å². The van der Waals surface area contributed by atoms with Gasteiger partial charge in [0.05, 0.1) is 6.04 Å². The number of nitrogens with one attached hydrogen (secondary N) is 2. The van der Waals surface area contributed by atoms with Gasteiger partial charge in [-0.3, -0.25) is 9.59 Å². The molecule has 7 nitrogen and oxygen atoms in total. The zero-order valence-electron chi connectivity index (χ0n) is 12.2. The van der Waals surface area contributed by atoms with Crippen molar-refractivity contribution < 1.29 is 14.1 Å². The topological polar surface area (TPSA) is 110 Å². The molecular weight excluding hydrogens is 272 g/mol. The summed E-state index contributed by atoms with van der Waals surface area (Å²) in [4.78, 5) is 23.0. The second-order valence-electron chi connectivity index (χ2n) is 5.43. The van der Waals surface area contributed by atoms with Gasteiger partial charge in [-0.15, -0.1) is 0 Å². The van der Waals surface area contributed by atoms with Gasteiger partial charge in [0.2, 0.25) is 5.91 Å². The summed E-state index contributed by atoms with van der Waals surface area (Å²) in [6.45, 7) is 2.74. The minimum Gasteiger partial charge on any atom is -0.360 e. The molecule has 1 unspecified atom stereocenters. The Balaban J connectivity index is 1.57. The molecule has 1 heterocycles. The summed E-state index contributed by atoms with van der Waals surface area (Å²) in [6.07, 6.45) is 3.79. The largest absolute Gasteiger partial charge is 0.360 e. The van der Waals surface area contributed by atoms with E-state index < -0.39 is 6.04 Å². The highest BCUT2D eigenvalue weighted by Crippen LogP contribution is 2.40. The van der Waals surface area contributed by atoms with Gasteiger partial charge in [0.15, 0.2) is 5.69 Å². The zero-order chi connectivity index (χ0) is 15.2. The fraction of sp³-hybridized carbons (Fsp3) is 0.643. The summed E-state index contributed by atoms with van der Waals surface area (Å²) >= 11 is 0. The molecule has 1 aromatic rings. The van der Waals surface area contributed by atoms with E-state index in [2.05, 4.69) is 15.8 Å². The molecule has 0 aliphatic heterocycles. The molecule has 1 atom stereocenters. The number of hydrogen-bond acceptors (Lipinski definition) is 5. The smallest absolute Gasteiger partial charge is 0.273 e. The highest BCUT2D eigenvalue weighted by molar-refractivity contribution is 5.92. The van der Waals surface area contributed by atoms with Crippen molar-refractivity contribution in [2.45, 2.75) is 44.6 Å². The quantitative estimate of drug-likeness (QED) is 0.606. The van der Waals surface area contributed by atoms with Crippen molar-refractivity contribution in [3.63, 3.8) is 0 Å². The number of unbranched alkanes of at least 4 members (excludes halogenated alkanes) is 1. The zero-order valence-corrected chi connectivity index (χ0v) is 12.2. The first-order valence-corrected chi connectivity index (χ1v) is 7.36. The predicted octanol–water partition coefficient (Wildman–Crippen LogP) is 0.525. The molecular formula is C14H22N4O3. The first-order chi connectivity index (χ1) is 10.1. The van der Waals surface area contributed by atoms with E-state index in [0.29, 0.717) is 24.7 Å². The third kappa shape index (κ3) is 4.86. The summed E-state index contributed by atoms with van der Waals surface area (Å²) in [7, 11) is 0. The van der Waals surface area contributed by atoms with Gasteiger partial charge >= 0.3 is 0 Å². The van der Waals surface area contributed by atoms with Gasteiger partial charge in [0.25, 0.3) is 5.91 Å². The van der Waals surface area contributed by atoms with Gasteiger partial charge < -0.3 is 20.9 Å². The molecule has 1 fully saturated rings. The number of nitrogens with two attached hydrogens (primary N) is 1. The lowest BCUT2D eigenvalue weighted by Crippen LogP contribution is -2.38. The molecule has 1 aliphatic carbocycles. The summed E-state index contributed by atoms with van der Waals surface area (Å²) in [5.74, 6) is 0.880. The lowest BCUT2D eigenvalue weighted by atomic mass is 10.2. The van der Waals surface area contributed by atoms with Gasteiger partial charge in [-0.25, -0.2) is 0 Å². The van der Waals surface area contributed by atoms with Crippen LogP contribution in [0.25, 0.3) is 0 Å². The van der Waals surface area contributed by atoms with Crippen LogP contribution in [-0.2, 0) is 4.79 Å². The van der Waals surface area contributed by atoms with Crippen LogP contribution >= 0.6 is 0 Å². The third-order valence-corrected chi connectivity index (χ3v) is 3.34. The highest BCUT2D eigenvalue weighted by atomic mass is 16.5. The SMILES string of the molecule is CC(N)C(=O)NCCCCNC(=O)c1cc(C2CC2)on1. The molecule has 0 radical (unpaired) electrons. The van der Waals surface area contributed by atoms with E-state index in [9.17, 15) is 9.59 Å². The van der Waals surface area contributed by atoms with Crippen LogP contribution in [0.15, 0.2) is 10.6 Å². The number of nitrogens with zero attached hydrogens (tertiary/aromatic N) is 1. The summed E-state index contributed by atoms with van der Waals surface area (Å²) in [6, 6.07) is 1.23. The predicted molar refractivity (Wildman–Crippen MR) is 76.7 cm³/mol. The number of carbonyl (C=O) groups excluding carboxylic acids is 2. The Morgan fingerprint density at radius 3 is 2.67 bits per heavy atom. The monoisotopic (exact) mass is 294 g/mol. The van der Waals surface area contributed by atoms with Crippen molar-refractivity contribution in [1.82, 2.24) is 15.8 Å². The standard InChI is InChI=1S/C14H22N4O3/c1-9(15)13(19)16-6-2-3-7-17-14(20)11-8-12(21-18-11)10-4-5-10/h8-10H,2-7,15H2,1H3,(H,16,19)(H,17,20). The van der Waals surface area contributed by atoms with Crippen LogP contribution in [0, 0.1) is 0 Å². The average molecular weight is 294 g/mol. The van der Waals surface area contributed by atoms with Crippen molar-refractivity contribution in [2.75, 3.05) is 13.1 Å². The molecule has 1 aliphatic rings. The first-order valence-electron chi connectivity index (χ1n) is 7.36. The molecule has 4 N–H and O–H groups in total. The third-order valence-electron chi connectivity index (χ3n) is 3.34. The van der Waals surface area contributed by atoms with Crippen molar-refractivity contribution in [1.29, 1.82) is 0 Å². The van der Waals surface area contributed by atoms with Gasteiger partial charge in [0, 0.05) is 25.1 Å². The van der Waals surface area contributed by atoms with E-state index in [1.54, 1.807) is 13.0 Å². The number of rotatable bonds is 8. The molecule has 1 saturated carbocycles. The van der Waals surface area contributed by atoms with Gasteiger partial charge in [-0.1, -0.05) is 5.16 Å². The number of hydrogen-bond donors (Lipinski definition) is 3. The van der Waals surface area contributed by atoms with Crippen LogP contribution in [0.5, 0.6) is 0 Å². The van der Waals surface area contributed by atoms with E-state index in [-0.39, 0.29) is 11.8 Å². The Labute approximate surface area is 123 Å². The van der Waals surface area contributed by atoms with Crippen LogP contribution in [0.1, 0.15) is 54.8 Å². The van der Waals surface area contributed by atoms with E-state index in [1.165, 1.54) is 0 Å². The first kappa shape index (κ1) is 15.5. The lowest BCUT2D eigenvalue weighted by molar-refractivity contribution is -0.121. The molecule has 21 heavy (non-hydrogen) atoms. The van der Waals surface area contributed by atoms with Crippen LogP contribution in [0.4, 0.5) is 0 Å². The Kier molecular flexibility index (Phi) is 5.32. The Hall–Kier alpha value is -1.89. The molecule has 0 bridgehead atoms. The Bertz CT molecular complexity index is 494. The lowest BCUT2D eigenvalue weighted by Gasteiger charge is -2.07. The summed E-state index contributed by atoms with van der Waals surface area (Å²) in [5.41, 5.74) is 5.76. The van der Waals surface area contributed by atoms with Crippen molar-refractivity contribution >= 4 is 11.8 Å². The molecule has 7 heteroatoms. The fourth-order valence-electron chi connectivity index (χ4n) is 1.87. The maximum atomic E-state index is 11.8. The molecule has 2 rings (SSSR count). The summed E-state index contributed by atoms with van der Waals surface area (Å²) < 4.78 is 5.13. The molecule has 2 amide bonds. The number of carbonyl (C=O) groups is 2. The normalized spacial score (nSPS) is 15.5. The number of aromatic nitrogens is 1. The molecule has 116 valence electrons. The maximum absolute atomic E-state index is 11.8. The Morgan fingerprint density at radius 1 is 1.38 bits per heavy atom. The molecule has 0 spiro atoms. The van der Waals surface area contributed by atoms with Crippen LogP contribution in [-0.4, -0.2) is 36.1 Å². The van der Waals surface area contributed by atoms with E-state index >= 15 is 0 Å². The van der Waals surface area contributed by atoms with Crippen molar-refractivity contribution in [3.05, 3.63) is 17.5 Å². The molecule has 0 saturated heterocycles. The minimum absolute atomic E-state index is 0.158. The fourth-order valence-corrected chi connectivity index (χ4v) is 1.87. The summed E-state index contributed by atoms with van der Waals surface area (Å²) in [5, 5.41) is 9.28. The van der Waals surface area contributed by atoms with Crippen LogP contribution in [0.3, 0.4) is 0 Å². The van der Waals surface area contributed by atoms with Crippen molar-refractivity contribution in [3.8, 4) is 0 Å². The maximum Gasteiger partial charge on any atom is 0.273 e. The number of amides is 2. The van der Waals surface area contributed by atoms with Crippen LogP contribution < -0.4 is 16.4 Å². The van der Waals surface area contributed by atoms with E-state index in [1.807, 2.05) is 0 Å². The van der Waals surface area contributed by atoms with Gasteiger partial charge in [-0.05, 0) is 32.6 Å². The highest BCUT2D eigenvalue weighted by Gasteiger charge is 2.28. The Morgan fingerprint density at radius 2 is 2.05 bits per heavy atom. The minimum atomic E-state index is -0.488. The second kappa shape index (κ2) is 7.21. The second-order valence-corrected chi connectivity index (χ2v) is 5.43. The average Bonchev–Trinajstić information content (AvgIpc) is 3.19. The molecule has 1 aromatic heterocycles. The van der Waals surface area contributed by atoms with E-state index in [0.717, 1.165) is 31.4 Å². The van der Waals surface area contributed by atoms with Crippen molar-refractivity contribution in [2.24, 2.45) is 5.73 Å². The van der Waals surface area contributed by atoms with Crippen LogP contribution in [0.2, 0.25) is 0 Å². The molecule has 0 aromatic carbocycles.